The van der Waals surface area contributed by atoms with Gasteiger partial charge in [0.1, 0.15) is 18.6 Å². The van der Waals surface area contributed by atoms with Crippen molar-refractivity contribution in [2.45, 2.75) is 52.6 Å². The molecule has 0 aliphatic rings. The van der Waals surface area contributed by atoms with Crippen LogP contribution in [0.2, 0.25) is 19.6 Å². The minimum absolute atomic E-state index is 0.217. The molecule has 0 fully saturated rings. The van der Waals surface area contributed by atoms with Crippen LogP contribution in [0.3, 0.4) is 0 Å². The second kappa shape index (κ2) is 8.08. The van der Waals surface area contributed by atoms with Crippen LogP contribution < -0.4 is 0 Å². The predicted octanol–water partition coefficient (Wildman–Crippen LogP) is 5.22. The second-order valence-electron chi connectivity index (χ2n) is 7.06. The monoisotopic (exact) mass is 320 g/mol. The average Bonchev–Trinajstić information content (AvgIpc) is 2.36. The van der Waals surface area contributed by atoms with E-state index in [0.717, 1.165) is 5.56 Å². The van der Waals surface area contributed by atoms with Gasteiger partial charge in [-0.15, -0.1) is 0 Å². The summed E-state index contributed by atoms with van der Waals surface area (Å²) in [5, 5.41) is 0. The first-order chi connectivity index (χ1) is 10.2. The van der Waals surface area contributed by atoms with Gasteiger partial charge < -0.3 is 13.9 Å². The van der Waals surface area contributed by atoms with E-state index in [1.54, 1.807) is 12.5 Å². The van der Waals surface area contributed by atoms with E-state index < -0.39 is 8.32 Å². The summed E-state index contributed by atoms with van der Waals surface area (Å²) in [4.78, 5) is 0. The van der Waals surface area contributed by atoms with Gasteiger partial charge in [0.15, 0.2) is 0 Å². The first-order valence-corrected chi connectivity index (χ1v) is 11.0. The Morgan fingerprint density at radius 1 is 1.09 bits per heavy atom. The molecule has 1 rings (SSSR count). The number of benzene rings is 1. The summed E-state index contributed by atoms with van der Waals surface area (Å²) < 4.78 is 17.2. The van der Waals surface area contributed by atoms with E-state index in [4.69, 9.17) is 13.9 Å². The topological polar surface area (TPSA) is 27.7 Å². The molecule has 0 aliphatic heterocycles. The third-order valence-corrected chi connectivity index (χ3v) is 3.22. The second-order valence-corrected chi connectivity index (χ2v) is 11.5. The number of hydrogen-bond acceptors (Lipinski definition) is 3. The minimum atomic E-state index is -1.70. The minimum Gasteiger partial charge on any atom is -0.542 e. The van der Waals surface area contributed by atoms with Crippen LogP contribution in [0.5, 0.6) is 0 Å². The number of hydrogen-bond donors (Lipinski definition) is 0. The Hall–Kier alpha value is -1.68. The van der Waals surface area contributed by atoms with Gasteiger partial charge in [0.05, 0.1) is 11.9 Å². The molecule has 3 nitrogen and oxygen atoms in total. The molecule has 0 unspecified atom stereocenters. The van der Waals surface area contributed by atoms with Crippen molar-refractivity contribution in [3.8, 4) is 0 Å². The van der Waals surface area contributed by atoms with Gasteiger partial charge in [-0.1, -0.05) is 30.3 Å². The van der Waals surface area contributed by atoms with Crippen molar-refractivity contribution in [3.05, 3.63) is 60.3 Å². The fraction of sp³-hybridized carbons (Fsp3) is 0.444. The fourth-order valence-electron chi connectivity index (χ4n) is 1.55. The lowest BCUT2D eigenvalue weighted by Gasteiger charge is -2.21. The molecule has 4 heteroatoms. The Balaban J connectivity index is 2.66. The van der Waals surface area contributed by atoms with Gasteiger partial charge in [-0.2, -0.15) is 0 Å². The van der Waals surface area contributed by atoms with E-state index in [1.165, 1.54) is 0 Å². The van der Waals surface area contributed by atoms with Crippen LogP contribution in [-0.2, 0) is 20.5 Å². The first-order valence-electron chi connectivity index (χ1n) is 7.55. The Labute approximate surface area is 135 Å². The molecule has 1 aromatic rings. The molecule has 0 atom stereocenters. The molecule has 0 heterocycles. The van der Waals surface area contributed by atoms with Crippen LogP contribution in [0.4, 0.5) is 0 Å². The van der Waals surface area contributed by atoms with Crippen molar-refractivity contribution in [3.63, 3.8) is 0 Å². The zero-order valence-electron chi connectivity index (χ0n) is 14.6. The standard InChI is InChI=1S/C18H28O3Si/c1-18(2,3)20-13-12-17(21-22(4,5)6)15-19-14-16-10-8-7-9-11-16/h7-13,15H,14H2,1-6H3/b13-12-,17-15-. The Kier molecular flexibility index (Phi) is 6.75. The van der Waals surface area contributed by atoms with E-state index in [1.807, 2.05) is 57.2 Å². The van der Waals surface area contributed by atoms with Crippen LogP contribution in [0.1, 0.15) is 26.3 Å². The van der Waals surface area contributed by atoms with Gasteiger partial charge >= 0.3 is 0 Å². The molecular weight excluding hydrogens is 292 g/mol. The number of ether oxygens (including phenoxy) is 2. The highest BCUT2D eigenvalue weighted by molar-refractivity contribution is 6.70. The SMILES string of the molecule is CC(C)(C)O/C=C\C(=C\OCc1ccccc1)O[Si](C)(C)C. The number of rotatable bonds is 7. The van der Waals surface area contributed by atoms with Crippen molar-refractivity contribution in [2.75, 3.05) is 0 Å². The maximum atomic E-state index is 6.00. The maximum Gasteiger partial charge on any atom is 0.242 e. The molecule has 22 heavy (non-hydrogen) atoms. The lowest BCUT2D eigenvalue weighted by atomic mass is 10.2. The van der Waals surface area contributed by atoms with Crippen molar-refractivity contribution < 1.29 is 13.9 Å². The molecule has 0 bridgehead atoms. The molecule has 0 aromatic heterocycles. The van der Waals surface area contributed by atoms with Gasteiger partial charge in [-0.3, -0.25) is 0 Å². The molecule has 1 aromatic carbocycles. The van der Waals surface area contributed by atoms with Gasteiger partial charge in [-0.25, -0.2) is 0 Å². The first kappa shape index (κ1) is 18.4. The summed E-state index contributed by atoms with van der Waals surface area (Å²) >= 11 is 0. The van der Waals surface area contributed by atoms with Gasteiger partial charge in [-0.05, 0) is 46.0 Å². The van der Waals surface area contributed by atoms with E-state index in [-0.39, 0.29) is 5.60 Å². The summed E-state index contributed by atoms with van der Waals surface area (Å²) in [5.41, 5.74) is 0.909. The Morgan fingerprint density at radius 2 is 1.73 bits per heavy atom. The third kappa shape index (κ3) is 9.29. The van der Waals surface area contributed by atoms with Crippen molar-refractivity contribution >= 4 is 8.32 Å². The molecule has 0 N–H and O–H groups in total. The molecule has 0 radical (unpaired) electrons. The largest absolute Gasteiger partial charge is 0.542 e. The van der Waals surface area contributed by atoms with Gasteiger partial charge in [0.2, 0.25) is 8.32 Å². The third-order valence-electron chi connectivity index (χ3n) is 2.37. The van der Waals surface area contributed by atoms with Crippen molar-refractivity contribution in [2.24, 2.45) is 0 Å². The van der Waals surface area contributed by atoms with Crippen molar-refractivity contribution in [1.29, 1.82) is 0 Å². The highest BCUT2D eigenvalue weighted by atomic mass is 28.4. The molecular formula is C18H28O3Si. The predicted molar refractivity (Wildman–Crippen MR) is 93.7 cm³/mol. The van der Waals surface area contributed by atoms with Gasteiger partial charge in [0, 0.05) is 6.08 Å². The molecule has 0 amide bonds. The Morgan fingerprint density at radius 3 is 2.27 bits per heavy atom. The van der Waals surface area contributed by atoms with Crippen LogP contribution in [0.15, 0.2) is 54.7 Å². The Bertz CT molecular complexity index is 493. The van der Waals surface area contributed by atoms with Crippen LogP contribution in [0.25, 0.3) is 0 Å². The fourth-order valence-corrected chi connectivity index (χ4v) is 2.37. The van der Waals surface area contributed by atoms with Crippen LogP contribution >= 0.6 is 0 Å². The molecule has 0 spiro atoms. The van der Waals surface area contributed by atoms with E-state index >= 15 is 0 Å². The maximum absolute atomic E-state index is 6.00. The zero-order valence-corrected chi connectivity index (χ0v) is 15.6. The zero-order chi connectivity index (χ0) is 16.6. The van der Waals surface area contributed by atoms with E-state index in [2.05, 4.69) is 19.6 Å². The summed E-state index contributed by atoms with van der Waals surface area (Å²) in [5.74, 6) is 0.694. The average molecular weight is 321 g/mol. The summed E-state index contributed by atoms with van der Waals surface area (Å²) in [6, 6.07) is 10.1. The van der Waals surface area contributed by atoms with E-state index in [0.29, 0.717) is 12.4 Å². The molecule has 122 valence electrons. The normalized spacial score (nSPS) is 13.3. The smallest absolute Gasteiger partial charge is 0.242 e. The highest BCUT2D eigenvalue weighted by Crippen LogP contribution is 2.14. The lowest BCUT2D eigenvalue weighted by molar-refractivity contribution is 0.0761. The van der Waals surface area contributed by atoms with Crippen LogP contribution in [-0.4, -0.2) is 13.9 Å². The van der Waals surface area contributed by atoms with E-state index in [9.17, 15) is 0 Å². The summed E-state index contributed by atoms with van der Waals surface area (Å²) in [7, 11) is -1.70. The van der Waals surface area contributed by atoms with Crippen molar-refractivity contribution in [1.82, 2.24) is 0 Å². The van der Waals surface area contributed by atoms with Crippen LogP contribution in [0, 0.1) is 0 Å². The summed E-state index contributed by atoms with van der Waals surface area (Å²) in [6.07, 6.45) is 5.14. The lowest BCUT2D eigenvalue weighted by Crippen LogP contribution is -2.24. The highest BCUT2D eigenvalue weighted by Gasteiger charge is 2.17. The van der Waals surface area contributed by atoms with Gasteiger partial charge in [0.25, 0.3) is 0 Å². The molecule has 0 saturated carbocycles. The summed E-state index contributed by atoms with van der Waals surface area (Å²) in [6.45, 7) is 12.9. The number of allylic oxidation sites excluding steroid dienone is 1. The molecule has 0 aliphatic carbocycles. The molecule has 0 saturated heterocycles. The quantitative estimate of drug-likeness (QED) is 0.391.